The fraction of sp³-hybridized carbons (Fsp3) is 0.500. The zero-order chi connectivity index (χ0) is 24.5. The lowest BCUT2D eigenvalue weighted by molar-refractivity contribution is 0.0320. The van der Waals surface area contributed by atoms with Gasteiger partial charge in [0.1, 0.15) is 12.4 Å². The number of methoxy groups -OCH3 is 1. The number of hydrogen-bond acceptors (Lipinski definition) is 6. The summed E-state index contributed by atoms with van der Waals surface area (Å²) in [7, 11) is 1.51. The van der Waals surface area contributed by atoms with Gasteiger partial charge in [0.25, 0.3) is 0 Å². The van der Waals surface area contributed by atoms with E-state index in [0.29, 0.717) is 84.8 Å². The van der Waals surface area contributed by atoms with E-state index in [1.807, 2.05) is 6.07 Å². The van der Waals surface area contributed by atoms with E-state index < -0.39 is 0 Å². The average molecular weight is 494 g/mol. The van der Waals surface area contributed by atoms with Gasteiger partial charge in [0, 0.05) is 19.6 Å². The molecule has 0 aliphatic carbocycles. The van der Waals surface area contributed by atoms with E-state index in [1.54, 1.807) is 19.1 Å². The number of ketones is 1. The summed E-state index contributed by atoms with van der Waals surface area (Å²) in [5.41, 5.74) is 1.68. The van der Waals surface area contributed by atoms with Gasteiger partial charge in [-0.05, 0) is 50.3 Å². The van der Waals surface area contributed by atoms with Crippen LogP contribution in [0.2, 0.25) is 5.02 Å². The highest BCUT2D eigenvalue weighted by Gasteiger charge is 2.27. The third-order valence-corrected chi connectivity index (χ3v) is 6.36. The van der Waals surface area contributed by atoms with Crippen molar-refractivity contribution in [2.75, 3.05) is 53.2 Å². The van der Waals surface area contributed by atoms with E-state index in [4.69, 9.17) is 30.5 Å². The Hall–Kier alpha value is -2.35. The summed E-state index contributed by atoms with van der Waals surface area (Å²) >= 11 is 6.54. The van der Waals surface area contributed by atoms with Crippen molar-refractivity contribution >= 4 is 17.4 Å². The summed E-state index contributed by atoms with van der Waals surface area (Å²) in [5.74, 6) is 0.676. The minimum Gasteiger partial charge on any atom is -0.491 e. The number of aryl methyl sites for hydroxylation is 1. The molecule has 0 radical (unpaired) electrons. The molecule has 0 unspecified atom stereocenters. The summed E-state index contributed by atoms with van der Waals surface area (Å²) in [6, 6.07) is 6.77. The lowest BCUT2D eigenvalue weighted by Gasteiger charge is -2.27. The highest BCUT2D eigenvalue weighted by Crippen LogP contribution is 2.48. The number of ether oxygens (including phenoxy) is 4. The second kappa shape index (κ2) is 12.9. The fourth-order valence-corrected chi connectivity index (χ4v) is 4.29. The van der Waals surface area contributed by atoms with Gasteiger partial charge in [-0.1, -0.05) is 29.8 Å². The first-order valence-corrected chi connectivity index (χ1v) is 12.0. The van der Waals surface area contributed by atoms with Crippen LogP contribution in [0.15, 0.2) is 24.3 Å². The van der Waals surface area contributed by atoms with Crippen LogP contribution in [0.4, 0.5) is 4.39 Å². The predicted molar refractivity (Wildman–Crippen MR) is 130 cm³/mol. The van der Waals surface area contributed by atoms with Gasteiger partial charge in [-0.15, -0.1) is 0 Å². The zero-order valence-electron chi connectivity index (χ0n) is 20.1. The number of carbonyl (C=O) groups is 1. The molecule has 186 valence electrons. The second-order valence-corrected chi connectivity index (χ2v) is 8.64. The van der Waals surface area contributed by atoms with Gasteiger partial charge in [-0.25, -0.2) is 4.39 Å². The molecule has 0 atom stereocenters. The van der Waals surface area contributed by atoms with Crippen molar-refractivity contribution in [3.8, 4) is 17.2 Å². The summed E-state index contributed by atoms with van der Waals surface area (Å²) in [4.78, 5) is 14.8. The number of halogens is 2. The number of unbranched alkanes of at least 4 members (excludes halogenated alkanes) is 1. The quantitative estimate of drug-likeness (QED) is 0.302. The number of Topliss-reactive ketones (excluding diaryl/α,β-unsaturated/α-hetero) is 1. The van der Waals surface area contributed by atoms with Gasteiger partial charge in [-0.3, -0.25) is 9.69 Å². The molecule has 1 heterocycles. The molecular formula is C26H33ClFNO5. The Morgan fingerprint density at radius 3 is 2.47 bits per heavy atom. The van der Waals surface area contributed by atoms with Crippen LogP contribution in [0.25, 0.3) is 0 Å². The Morgan fingerprint density at radius 2 is 1.79 bits per heavy atom. The lowest BCUT2D eigenvalue weighted by atomic mass is 10.0. The van der Waals surface area contributed by atoms with Crippen LogP contribution in [0, 0.1) is 12.7 Å². The number of carbonyl (C=O) groups excluding carboxylic acids is 1. The van der Waals surface area contributed by atoms with Gasteiger partial charge in [0.05, 0.1) is 37.5 Å². The second-order valence-electron chi connectivity index (χ2n) is 8.26. The molecule has 0 aromatic heterocycles. The third-order valence-electron chi connectivity index (χ3n) is 5.90. The molecule has 34 heavy (non-hydrogen) atoms. The van der Waals surface area contributed by atoms with Crippen LogP contribution in [0.1, 0.15) is 41.3 Å². The molecule has 0 N–H and O–H groups in total. The summed E-state index contributed by atoms with van der Waals surface area (Å²) in [6.07, 6.45) is 2.05. The van der Waals surface area contributed by atoms with Crippen LogP contribution in [0.3, 0.4) is 0 Å². The van der Waals surface area contributed by atoms with E-state index in [1.165, 1.54) is 20.1 Å². The van der Waals surface area contributed by atoms with Gasteiger partial charge < -0.3 is 18.9 Å². The first kappa shape index (κ1) is 26.3. The Kier molecular flexibility index (Phi) is 9.99. The number of hydrogen-bond donors (Lipinski definition) is 0. The monoisotopic (exact) mass is 493 g/mol. The Bertz CT molecular complexity index is 978. The molecule has 8 heteroatoms. The van der Waals surface area contributed by atoms with Crippen molar-refractivity contribution in [3.05, 3.63) is 51.8 Å². The number of nitrogens with zero attached hydrogens (tertiary/aromatic N) is 1. The number of benzene rings is 2. The first-order valence-electron chi connectivity index (χ1n) is 11.6. The molecule has 0 amide bonds. The Morgan fingerprint density at radius 1 is 1.09 bits per heavy atom. The third kappa shape index (κ3) is 6.62. The van der Waals surface area contributed by atoms with E-state index in [0.717, 1.165) is 19.5 Å². The van der Waals surface area contributed by atoms with Gasteiger partial charge in [-0.2, -0.15) is 0 Å². The number of rotatable bonds is 12. The van der Waals surface area contributed by atoms with Crippen LogP contribution < -0.4 is 14.2 Å². The van der Waals surface area contributed by atoms with Crippen LogP contribution in [0.5, 0.6) is 17.2 Å². The molecule has 1 aliphatic rings. The Labute approximate surface area is 205 Å². The van der Waals surface area contributed by atoms with Crippen molar-refractivity contribution < 1.29 is 28.1 Å². The largest absolute Gasteiger partial charge is 0.491 e. The van der Waals surface area contributed by atoms with E-state index in [-0.39, 0.29) is 11.6 Å². The maximum absolute atomic E-state index is 13.8. The summed E-state index contributed by atoms with van der Waals surface area (Å²) < 4.78 is 37.0. The smallest absolute Gasteiger partial charge is 0.205 e. The molecule has 0 bridgehead atoms. The van der Waals surface area contributed by atoms with E-state index in [2.05, 4.69) is 4.90 Å². The molecule has 2 aromatic carbocycles. The van der Waals surface area contributed by atoms with Crippen molar-refractivity contribution in [2.45, 2.75) is 33.1 Å². The van der Waals surface area contributed by atoms with Crippen LogP contribution in [-0.2, 0) is 11.2 Å². The fourth-order valence-electron chi connectivity index (χ4n) is 4.04. The zero-order valence-corrected chi connectivity index (χ0v) is 20.9. The minimum atomic E-state index is -0.197. The summed E-state index contributed by atoms with van der Waals surface area (Å²) in [5, 5.41) is 0.328. The van der Waals surface area contributed by atoms with Gasteiger partial charge >= 0.3 is 0 Å². The molecular weight excluding hydrogens is 461 g/mol. The molecule has 1 aliphatic heterocycles. The molecule has 1 fully saturated rings. The van der Waals surface area contributed by atoms with Crippen LogP contribution in [-0.4, -0.2) is 63.9 Å². The summed E-state index contributed by atoms with van der Waals surface area (Å²) in [6.45, 7) is 7.78. The van der Waals surface area contributed by atoms with Crippen molar-refractivity contribution in [1.82, 2.24) is 4.90 Å². The maximum atomic E-state index is 13.8. The SMILES string of the molecule is COc1c(Cl)c(C)c(C(C)=O)c(OCCN2CCOCC2)c1OCCCCc1ccccc1F. The highest BCUT2D eigenvalue weighted by molar-refractivity contribution is 6.34. The molecule has 6 nitrogen and oxygen atoms in total. The predicted octanol–water partition coefficient (Wildman–Crippen LogP) is 5.11. The Balaban J connectivity index is 1.73. The van der Waals surface area contributed by atoms with Gasteiger partial charge in [0.15, 0.2) is 17.3 Å². The first-order chi connectivity index (χ1) is 16.4. The maximum Gasteiger partial charge on any atom is 0.205 e. The average Bonchev–Trinajstić information content (AvgIpc) is 2.83. The van der Waals surface area contributed by atoms with E-state index >= 15 is 0 Å². The standard InChI is InChI=1S/C26H33ClFNO5/c1-18-22(19(2)30)24(34-17-13-29-11-15-32-16-12-29)26(25(31-3)23(18)27)33-14-7-6-9-20-8-4-5-10-21(20)28/h4-5,8,10H,6-7,9,11-17H2,1-3H3. The molecule has 0 saturated carbocycles. The van der Waals surface area contributed by atoms with Crippen LogP contribution >= 0.6 is 11.6 Å². The number of morpholine rings is 1. The molecule has 3 rings (SSSR count). The van der Waals surface area contributed by atoms with E-state index in [9.17, 15) is 9.18 Å². The van der Waals surface area contributed by atoms with Gasteiger partial charge in [0.2, 0.25) is 5.75 Å². The molecule has 1 saturated heterocycles. The minimum absolute atomic E-state index is 0.159. The topological polar surface area (TPSA) is 57.2 Å². The van der Waals surface area contributed by atoms with Crippen molar-refractivity contribution in [2.24, 2.45) is 0 Å². The lowest BCUT2D eigenvalue weighted by Crippen LogP contribution is -2.38. The van der Waals surface area contributed by atoms with Crippen molar-refractivity contribution in [1.29, 1.82) is 0 Å². The highest BCUT2D eigenvalue weighted by atomic mass is 35.5. The van der Waals surface area contributed by atoms with Crippen molar-refractivity contribution in [3.63, 3.8) is 0 Å². The normalized spacial score (nSPS) is 14.1. The molecule has 0 spiro atoms. The molecule has 2 aromatic rings.